The van der Waals surface area contributed by atoms with Crippen molar-refractivity contribution in [1.29, 1.82) is 0 Å². The number of likely N-dealkylation sites (N-methyl/N-ethyl adjacent to an activating group) is 1. The van der Waals surface area contributed by atoms with E-state index >= 15 is 0 Å². The Kier molecular flexibility index (Phi) is 3.54. The number of aliphatic hydroxyl groups is 3. The Hall–Kier alpha value is -1.67. The molecule has 7 nitrogen and oxygen atoms in total. The molecule has 29 heavy (non-hydrogen) atoms. The summed E-state index contributed by atoms with van der Waals surface area (Å²) < 4.78 is 6.33. The maximum atomic E-state index is 12.8. The molecule has 2 saturated carbocycles. The molecule has 158 valence electrons. The molecule has 3 fully saturated rings. The standard InChI is InChI=1S/C21H25NO6.CH3/c1-22(10-19(26)6-7-19)9-15(25)21-16-11-2-3-12(23)17(16)28-18(21)13(24)4-5-20(21,27)14(22)8-11;/h2-3,14-15,18,25-27H,4-10H2,1H3;1H3/q;-1/p+1/t14-,15-,18+,20-,21+,22-;/m1./s1. The number of Topliss-reactive ketones (excluding diaryl/α,β-unsaturated/α-hetero) is 1. The number of piperidine rings is 1. The summed E-state index contributed by atoms with van der Waals surface area (Å²) in [5.74, 6) is 0.0480. The Morgan fingerprint density at radius 1 is 1.24 bits per heavy atom. The van der Waals surface area contributed by atoms with Crippen molar-refractivity contribution >= 4 is 5.78 Å². The van der Waals surface area contributed by atoms with Crippen LogP contribution >= 0.6 is 0 Å². The molecule has 2 aliphatic heterocycles. The summed E-state index contributed by atoms with van der Waals surface area (Å²) in [6, 6.07) is 3.13. The molecule has 7 heteroatoms. The van der Waals surface area contributed by atoms with E-state index in [1.54, 1.807) is 6.07 Å². The fourth-order valence-electron chi connectivity index (χ4n) is 7.11. The summed E-state index contributed by atoms with van der Waals surface area (Å²) >= 11 is 0. The van der Waals surface area contributed by atoms with Crippen molar-refractivity contribution in [3.05, 3.63) is 30.7 Å². The molecule has 5 aliphatic rings. The molecule has 3 aliphatic carbocycles. The number of quaternary nitrogens is 1. The first-order valence-corrected chi connectivity index (χ1v) is 10.2. The van der Waals surface area contributed by atoms with Gasteiger partial charge in [-0.25, -0.2) is 0 Å². The summed E-state index contributed by atoms with van der Waals surface area (Å²) in [5.41, 5.74) is -1.79. The summed E-state index contributed by atoms with van der Waals surface area (Å²) in [6.07, 6.45) is 0.485. The molecular weight excluding hydrogens is 374 g/mol. The second-order valence-electron chi connectivity index (χ2n) is 9.99. The highest BCUT2D eigenvalue weighted by molar-refractivity contribution is 5.90. The van der Waals surface area contributed by atoms with Crippen LogP contribution in [0.2, 0.25) is 0 Å². The third-order valence-corrected chi connectivity index (χ3v) is 8.36. The maximum absolute atomic E-state index is 12.8. The van der Waals surface area contributed by atoms with E-state index in [1.807, 2.05) is 13.1 Å². The Morgan fingerprint density at radius 3 is 2.66 bits per heavy atom. The molecular formula is C22H29NO6. The number of aliphatic hydroxyl groups excluding tert-OH is 1. The third kappa shape index (κ3) is 2.00. The Balaban J connectivity index is 0.00000181. The highest BCUT2D eigenvalue weighted by atomic mass is 16.5. The van der Waals surface area contributed by atoms with E-state index in [-0.39, 0.29) is 43.6 Å². The number of aromatic hydroxyl groups is 1. The summed E-state index contributed by atoms with van der Waals surface area (Å²) in [5, 5.41) is 44.7. The van der Waals surface area contributed by atoms with Crippen molar-refractivity contribution in [2.45, 2.75) is 67.0 Å². The molecule has 1 aromatic carbocycles. The van der Waals surface area contributed by atoms with E-state index < -0.39 is 28.8 Å². The van der Waals surface area contributed by atoms with Gasteiger partial charge in [0.2, 0.25) is 0 Å². The Labute approximate surface area is 170 Å². The van der Waals surface area contributed by atoms with Crippen LogP contribution in [0.3, 0.4) is 0 Å². The number of phenols is 1. The summed E-state index contributed by atoms with van der Waals surface area (Å²) in [4.78, 5) is 12.8. The van der Waals surface area contributed by atoms with Crippen LogP contribution in [0.4, 0.5) is 0 Å². The van der Waals surface area contributed by atoms with E-state index in [1.165, 1.54) is 0 Å². The number of hydrogen-bond donors (Lipinski definition) is 4. The molecule has 0 aromatic heterocycles. The van der Waals surface area contributed by atoms with Gasteiger partial charge in [-0.1, -0.05) is 6.07 Å². The fourth-order valence-corrected chi connectivity index (χ4v) is 7.11. The molecule has 0 radical (unpaired) electrons. The van der Waals surface area contributed by atoms with Gasteiger partial charge in [-0.3, -0.25) is 4.79 Å². The van der Waals surface area contributed by atoms with Crippen molar-refractivity contribution in [1.82, 2.24) is 0 Å². The number of likely N-dealkylation sites (tertiary alicyclic amines) is 1. The minimum atomic E-state index is -1.34. The molecule has 1 aromatic rings. The lowest BCUT2D eigenvalue weighted by molar-refractivity contribution is -0.956. The first-order chi connectivity index (χ1) is 13.1. The van der Waals surface area contributed by atoms with Crippen molar-refractivity contribution < 1.29 is 34.4 Å². The van der Waals surface area contributed by atoms with Crippen molar-refractivity contribution in [3.8, 4) is 11.5 Å². The number of ketones is 1. The molecule has 1 saturated heterocycles. The molecule has 2 bridgehead atoms. The number of benzene rings is 1. The molecule has 4 N–H and O–H groups in total. The predicted molar refractivity (Wildman–Crippen MR) is 103 cm³/mol. The largest absolute Gasteiger partial charge is 0.504 e. The highest BCUT2D eigenvalue weighted by Crippen LogP contribution is 2.66. The van der Waals surface area contributed by atoms with Gasteiger partial charge in [-0.15, -0.1) is 0 Å². The second-order valence-corrected chi connectivity index (χ2v) is 9.99. The maximum Gasteiger partial charge on any atom is 0.174 e. The number of phenolic OH excluding ortho intramolecular Hbond substituents is 1. The molecule has 2 heterocycles. The minimum absolute atomic E-state index is 0. The van der Waals surface area contributed by atoms with Crippen LogP contribution in [-0.2, 0) is 16.6 Å². The van der Waals surface area contributed by atoms with Gasteiger partial charge in [0.25, 0.3) is 0 Å². The topological polar surface area (TPSA) is 107 Å². The first-order valence-electron chi connectivity index (χ1n) is 10.2. The van der Waals surface area contributed by atoms with Crippen molar-refractivity contribution in [2.75, 3.05) is 20.1 Å². The van der Waals surface area contributed by atoms with Gasteiger partial charge in [-0.2, -0.15) is 0 Å². The van der Waals surface area contributed by atoms with Crippen LogP contribution < -0.4 is 4.74 Å². The van der Waals surface area contributed by atoms with Gasteiger partial charge >= 0.3 is 0 Å². The number of hydrogen-bond acceptors (Lipinski definition) is 6. The zero-order valence-electron chi connectivity index (χ0n) is 16.9. The van der Waals surface area contributed by atoms with Crippen LogP contribution in [0.15, 0.2) is 12.1 Å². The van der Waals surface area contributed by atoms with Gasteiger partial charge in [0.05, 0.1) is 7.05 Å². The van der Waals surface area contributed by atoms with E-state index in [4.69, 9.17) is 4.74 Å². The third-order valence-electron chi connectivity index (χ3n) is 8.36. The minimum Gasteiger partial charge on any atom is -0.504 e. The molecule has 6 atom stereocenters. The quantitative estimate of drug-likeness (QED) is 0.415. The van der Waals surface area contributed by atoms with Crippen molar-refractivity contribution in [3.63, 3.8) is 0 Å². The lowest BCUT2D eigenvalue weighted by Gasteiger charge is -2.66. The lowest BCUT2D eigenvalue weighted by Crippen LogP contribution is -2.85. The predicted octanol–water partition coefficient (Wildman–Crippen LogP) is 0.206. The van der Waals surface area contributed by atoms with Crippen LogP contribution in [0.25, 0.3) is 0 Å². The summed E-state index contributed by atoms with van der Waals surface area (Å²) in [7, 11) is 2.00. The first kappa shape index (κ1) is 19.3. The zero-order chi connectivity index (χ0) is 19.7. The van der Waals surface area contributed by atoms with Gasteiger partial charge in [0, 0.05) is 18.4 Å². The average molecular weight is 403 g/mol. The fraction of sp³-hybridized carbons (Fsp3) is 0.636. The Morgan fingerprint density at radius 2 is 1.97 bits per heavy atom. The normalized spacial score (nSPS) is 45.1. The van der Waals surface area contributed by atoms with Crippen LogP contribution in [0, 0.1) is 7.43 Å². The molecule has 6 rings (SSSR count). The van der Waals surface area contributed by atoms with Gasteiger partial charge < -0.3 is 37.1 Å². The SMILES string of the molecule is C[N@+]1(CC2(O)CC2)C[C@@H](O)[C@]23c4c5ccc(O)c4O[C@H]2C(=O)CC[C@@]3(O)[C@H]1C5.[CH3-]. The number of carbonyl (C=O) groups excluding carboxylic acids is 1. The lowest BCUT2D eigenvalue weighted by atomic mass is 9.47. The molecule has 1 spiro atoms. The number of nitrogens with zero attached hydrogens (tertiary/aromatic N) is 1. The van der Waals surface area contributed by atoms with E-state index in [0.29, 0.717) is 29.6 Å². The zero-order valence-corrected chi connectivity index (χ0v) is 16.9. The number of rotatable bonds is 2. The second kappa shape index (κ2) is 5.32. The van der Waals surface area contributed by atoms with Gasteiger partial charge in [0.15, 0.2) is 23.4 Å². The Bertz CT molecular complexity index is 928. The van der Waals surface area contributed by atoms with E-state index in [9.17, 15) is 25.2 Å². The van der Waals surface area contributed by atoms with Crippen LogP contribution in [0.1, 0.15) is 36.8 Å². The van der Waals surface area contributed by atoms with Gasteiger partial charge in [-0.05, 0) is 30.9 Å². The van der Waals surface area contributed by atoms with E-state index in [2.05, 4.69) is 0 Å². The number of ether oxygens (including phenoxy) is 1. The van der Waals surface area contributed by atoms with Crippen LogP contribution in [0.5, 0.6) is 11.5 Å². The van der Waals surface area contributed by atoms with Crippen LogP contribution in [-0.4, -0.2) is 80.3 Å². The highest BCUT2D eigenvalue weighted by Gasteiger charge is 2.80. The molecule has 0 unspecified atom stereocenters. The monoisotopic (exact) mass is 403 g/mol. The average Bonchev–Trinajstić information content (AvgIpc) is 3.20. The summed E-state index contributed by atoms with van der Waals surface area (Å²) in [6.45, 7) is 0.809. The van der Waals surface area contributed by atoms with E-state index in [0.717, 1.165) is 18.4 Å². The van der Waals surface area contributed by atoms with Gasteiger partial charge in [0.1, 0.15) is 41.9 Å². The molecule has 0 amide bonds. The smallest absolute Gasteiger partial charge is 0.174 e. The number of carbonyl (C=O) groups is 1. The van der Waals surface area contributed by atoms with Crippen molar-refractivity contribution in [2.24, 2.45) is 0 Å².